The first kappa shape index (κ1) is 19.2. The van der Waals surface area contributed by atoms with Gasteiger partial charge in [-0.05, 0) is 38.6 Å². The summed E-state index contributed by atoms with van der Waals surface area (Å²) in [5.41, 5.74) is -0.490. The van der Waals surface area contributed by atoms with Gasteiger partial charge in [-0.2, -0.15) is 23.4 Å². The molecule has 7 nitrogen and oxygen atoms in total. The van der Waals surface area contributed by atoms with Gasteiger partial charge in [-0.25, -0.2) is 4.79 Å². The van der Waals surface area contributed by atoms with Crippen LogP contribution in [0.3, 0.4) is 0 Å². The van der Waals surface area contributed by atoms with Crippen LogP contribution in [0.2, 0.25) is 0 Å². The highest BCUT2D eigenvalue weighted by molar-refractivity contribution is 5.73. The minimum absolute atomic E-state index is 0.195. The van der Waals surface area contributed by atoms with Gasteiger partial charge in [-0.1, -0.05) is 18.0 Å². The highest BCUT2D eigenvalue weighted by Crippen LogP contribution is 2.42. The van der Waals surface area contributed by atoms with Crippen LogP contribution in [-0.4, -0.2) is 33.9 Å². The van der Waals surface area contributed by atoms with Crippen LogP contribution in [0.5, 0.6) is 0 Å². The number of carboxylic acid groups (broad SMARTS) is 1. The van der Waals surface area contributed by atoms with Gasteiger partial charge >= 0.3 is 12.1 Å². The second-order valence-electron chi connectivity index (χ2n) is 6.16. The molecule has 1 aromatic rings. The van der Waals surface area contributed by atoms with E-state index in [2.05, 4.69) is 21.5 Å². The molecule has 2 heterocycles. The molecule has 0 bridgehead atoms. The SMILES string of the molecule is N#CC1(c2nc(C3CCCCCN3)no2)CCC1.O=C(O)C(F)(F)F. The van der Waals surface area contributed by atoms with E-state index in [1.54, 1.807) is 0 Å². The number of nitrogens with zero attached hydrogens (tertiary/aromatic N) is 3. The smallest absolute Gasteiger partial charge is 0.475 e. The van der Waals surface area contributed by atoms with E-state index in [4.69, 9.17) is 14.4 Å². The Morgan fingerprint density at radius 1 is 1.32 bits per heavy atom. The number of nitrogens with one attached hydrogen (secondary N) is 1. The van der Waals surface area contributed by atoms with Gasteiger partial charge in [0.05, 0.1) is 12.1 Å². The molecule has 3 rings (SSSR count). The van der Waals surface area contributed by atoms with Gasteiger partial charge < -0.3 is 14.9 Å². The Morgan fingerprint density at radius 2 is 2.00 bits per heavy atom. The van der Waals surface area contributed by atoms with Crippen molar-refractivity contribution in [1.82, 2.24) is 15.5 Å². The molecule has 1 saturated carbocycles. The molecule has 0 spiro atoms. The predicted octanol–water partition coefficient (Wildman–Crippen LogP) is 2.85. The number of rotatable bonds is 2. The average Bonchev–Trinajstić information content (AvgIpc) is 2.82. The Hall–Kier alpha value is -2.15. The monoisotopic (exact) mass is 360 g/mol. The van der Waals surface area contributed by atoms with Crippen molar-refractivity contribution < 1.29 is 27.6 Å². The van der Waals surface area contributed by atoms with E-state index < -0.39 is 17.6 Å². The summed E-state index contributed by atoms with van der Waals surface area (Å²) in [5, 5.41) is 23.9. The van der Waals surface area contributed by atoms with Crippen molar-refractivity contribution in [3.8, 4) is 6.07 Å². The van der Waals surface area contributed by atoms with Gasteiger partial charge in [0.2, 0.25) is 5.89 Å². The number of carboxylic acids is 1. The lowest BCUT2D eigenvalue weighted by atomic mass is 9.70. The zero-order chi connectivity index (χ0) is 18.5. The van der Waals surface area contributed by atoms with Crippen molar-refractivity contribution in [1.29, 1.82) is 5.26 Å². The van der Waals surface area contributed by atoms with Crippen LogP contribution in [0, 0.1) is 11.3 Å². The lowest BCUT2D eigenvalue weighted by molar-refractivity contribution is -0.192. The van der Waals surface area contributed by atoms with E-state index in [0.717, 1.165) is 38.1 Å². The summed E-state index contributed by atoms with van der Waals surface area (Å²) < 4.78 is 37.1. The molecule has 10 heteroatoms. The molecule has 1 atom stereocenters. The van der Waals surface area contributed by atoms with Gasteiger partial charge in [0, 0.05) is 0 Å². The number of nitriles is 1. The molecule has 1 aliphatic carbocycles. The molecule has 2 fully saturated rings. The van der Waals surface area contributed by atoms with Crippen LogP contribution in [0.1, 0.15) is 62.7 Å². The Labute approximate surface area is 142 Å². The molecule has 1 aliphatic heterocycles. The third-order valence-electron chi connectivity index (χ3n) is 4.39. The van der Waals surface area contributed by atoms with Crippen LogP contribution < -0.4 is 5.32 Å². The third-order valence-corrected chi connectivity index (χ3v) is 4.39. The zero-order valence-electron chi connectivity index (χ0n) is 13.5. The normalized spacial score (nSPS) is 22.6. The molecular formula is C15H19F3N4O3. The lowest BCUT2D eigenvalue weighted by Gasteiger charge is -2.30. The summed E-state index contributed by atoms with van der Waals surface area (Å²) in [5.74, 6) is -1.50. The highest BCUT2D eigenvalue weighted by Gasteiger charge is 2.44. The van der Waals surface area contributed by atoms with E-state index >= 15 is 0 Å². The maximum atomic E-state index is 10.6. The van der Waals surface area contributed by atoms with Crippen molar-refractivity contribution >= 4 is 5.97 Å². The number of halogens is 3. The zero-order valence-corrected chi connectivity index (χ0v) is 13.5. The van der Waals surface area contributed by atoms with E-state index in [-0.39, 0.29) is 6.04 Å². The van der Waals surface area contributed by atoms with E-state index in [0.29, 0.717) is 5.89 Å². The second kappa shape index (κ2) is 7.82. The summed E-state index contributed by atoms with van der Waals surface area (Å²) in [6.07, 6.45) is 2.42. The fraction of sp³-hybridized carbons (Fsp3) is 0.733. The first-order valence-electron chi connectivity index (χ1n) is 8.07. The van der Waals surface area contributed by atoms with Gasteiger partial charge in [0.15, 0.2) is 5.82 Å². The van der Waals surface area contributed by atoms with Crippen molar-refractivity contribution in [3.63, 3.8) is 0 Å². The molecule has 25 heavy (non-hydrogen) atoms. The topological polar surface area (TPSA) is 112 Å². The first-order chi connectivity index (χ1) is 11.8. The van der Waals surface area contributed by atoms with E-state index in [9.17, 15) is 18.4 Å². The second-order valence-corrected chi connectivity index (χ2v) is 6.16. The van der Waals surface area contributed by atoms with Crippen LogP contribution in [0.25, 0.3) is 0 Å². The number of aromatic nitrogens is 2. The van der Waals surface area contributed by atoms with Gasteiger partial charge in [0.25, 0.3) is 0 Å². The summed E-state index contributed by atoms with van der Waals surface area (Å²) >= 11 is 0. The van der Waals surface area contributed by atoms with Crippen LogP contribution in [0.4, 0.5) is 13.2 Å². The van der Waals surface area contributed by atoms with Crippen molar-refractivity contribution in [2.45, 2.75) is 62.6 Å². The molecule has 0 amide bonds. The number of carbonyl (C=O) groups is 1. The molecule has 1 aromatic heterocycles. The largest absolute Gasteiger partial charge is 0.490 e. The summed E-state index contributed by atoms with van der Waals surface area (Å²) in [6, 6.07) is 2.54. The maximum absolute atomic E-state index is 10.6. The molecule has 0 aromatic carbocycles. The van der Waals surface area contributed by atoms with Crippen molar-refractivity contribution in [2.75, 3.05) is 6.54 Å². The Balaban J connectivity index is 0.000000277. The minimum atomic E-state index is -5.08. The van der Waals surface area contributed by atoms with Crippen LogP contribution in [0.15, 0.2) is 4.52 Å². The summed E-state index contributed by atoms with van der Waals surface area (Å²) in [4.78, 5) is 13.4. The van der Waals surface area contributed by atoms with E-state index in [1.807, 2.05) is 0 Å². The van der Waals surface area contributed by atoms with Crippen LogP contribution in [-0.2, 0) is 10.2 Å². The standard InChI is InChI=1S/C13H18N4O.C2HF3O2/c14-9-13(6-4-7-13)12-16-11(17-18-12)10-5-2-1-3-8-15-10;3-2(4,5)1(6)7/h10,15H,1-8H2;(H,6,7). The summed E-state index contributed by atoms with van der Waals surface area (Å²) in [6.45, 7) is 1.01. The Bertz CT molecular complexity index is 627. The van der Waals surface area contributed by atoms with E-state index in [1.165, 1.54) is 19.3 Å². The minimum Gasteiger partial charge on any atom is -0.475 e. The molecule has 0 radical (unpaired) electrons. The fourth-order valence-corrected chi connectivity index (χ4v) is 2.72. The Kier molecular flexibility index (Phi) is 6.00. The first-order valence-corrected chi connectivity index (χ1v) is 8.07. The fourth-order valence-electron chi connectivity index (χ4n) is 2.72. The summed E-state index contributed by atoms with van der Waals surface area (Å²) in [7, 11) is 0. The van der Waals surface area contributed by atoms with Crippen LogP contribution >= 0.6 is 0 Å². The molecule has 1 unspecified atom stereocenters. The van der Waals surface area contributed by atoms with Gasteiger partial charge in [0.1, 0.15) is 5.41 Å². The number of hydrogen-bond acceptors (Lipinski definition) is 6. The van der Waals surface area contributed by atoms with Crippen molar-refractivity contribution in [3.05, 3.63) is 11.7 Å². The predicted molar refractivity (Wildman–Crippen MR) is 78.3 cm³/mol. The molecular weight excluding hydrogens is 341 g/mol. The van der Waals surface area contributed by atoms with Crippen molar-refractivity contribution in [2.24, 2.45) is 0 Å². The van der Waals surface area contributed by atoms with Gasteiger partial charge in [-0.15, -0.1) is 0 Å². The highest BCUT2D eigenvalue weighted by atomic mass is 19.4. The average molecular weight is 360 g/mol. The molecule has 2 N–H and O–H groups in total. The third kappa shape index (κ3) is 4.69. The molecule has 2 aliphatic rings. The number of hydrogen-bond donors (Lipinski definition) is 2. The molecule has 1 saturated heterocycles. The quantitative estimate of drug-likeness (QED) is 0.834. The molecule has 138 valence electrons. The lowest BCUT2D eigenvalue weighted by Crippen LogP contribution is -2.32. The maximum Gasteiger partial charge on any atom is 0.490 e. The Morgan fingerprint density at radius 3 is 2.52 bits per heavy atom. The number of alkyl halides is 3. The number of aliphatic carboxylic acids is 1. The van der Waals surface area contributed by atoms with Gasteiger partial charge in [-0.3, -0.25) is 0 Å².